The Morgan fingerprint density at radius 3 is 2.43 bits per heavy atom. The van der Waals surface area contributed by atoms with Crippen molar-refractivity contribution in [3.8, 4) is 0 Å². The van der Waals surface area contributed by atoms with Crippen LogP contribution >= 0.6 is 0 Å². The van der Waals surface area contributed by atoms with Crippen molar-refractivity contribution < 1.29 is 4.92 Å². The van der Waals surface area contributed by atoms with Crippen LogP contribution in [0.25, 0.3) is 0 Å². The first-order valence-corrected chi connectivity index (χ1v) is 6.81. The van der Waals surface area contributed by atoms with Crippen molar-refractivity contribution in [2.75, 3.05) is 5.32 Å². The van der Waals surface area contributed by atoms with Gasteiger partial charge in [0.15, 0.2) is 0 Å². The molecule has 0 spiro atoms. The molecule has 0 fully saturated rings. The molecule has 0 saturated carbocycles. The molecule has 0 amide bonds. The number of anilines is 1. The third kappa shape index (κ3) is 3.01. The molecule has 0 aliphatic rings. The summed E-state index contributed by atoms with van der Waals surface area (Å²) in [7, 11) is 0. The number of hydrogen-bond acceptors (Lipinski definition) is 5. The van der Waals surface area contributed by atoms with Crippen molar-refractivity contribution >= 4 is 11.5 Å². The lowest BCUT2D eigenvalue weighted by atomic mass is 10.1. The molecule has 1 atom stereocenters. The van der Waals surface area contributed by atoms with E-state index < -0.39 is 0 Å². The smallest absolute Gasteiger partial charge is 0.333 e. The Morgan fingerprint density at radius 2 is 1.90 bits per heavy atom. The summed E-state index contributed by atoms with van der Waals surface area (Å²) in [4.78, 5) is 14.9. The lowest BCUT2D eigenvalue weighted by Gasteiger charge is -2.17. The molecule has 2 aromatic rings. The van der Waals surface area contributed by atoms with Gasteiger partial charge in [0, 0.05) is 18.4 Å². The van der Waals surface area contributed by atoms with Gasteiger partial charge in [-0.3, -0.25) is 15.1 Å². The molecule has 0 aliphatic heterocycles. The van der Waals surface area contributed by atoms with E-state index in [9.17, 15) is 10.1 Å². The van der Waals surface area contributed by atoms with Gasteiger partial charge < -0.3 is 5.32 Å². The Labute approximate surface area is 123 Å². The summed E-state index contributed by atoms with van der Waals surface area (Å²) < 4.78 is 1.66. The van der Waals surface area contributed by atoms with Gasteiger partial charge in [0.1, 0.15) is 5.69 Å². The number of aromatic nitrogens is 3. The zero-order chi connectivity index (χ0) is 15.6. The summed E-state index contributed by atoms with van der Waals surface area (Å²) in [6.07, 6.45) is 3.40. The molecule has 1 unspecified atom stereocenters. The maximum absolute atomic E-state index is 11.3. The molecule has 21 heavy (non-hydrogen) atoms. The number of pyridine rings is 1. The molecule has 0 bridgehead atoms. The van der Waals surface area contributed by atoms with Crippen LogP contribution in [0.5, 0.6) is 0 Å². The van der Waals surface area contributed by atoms with E-state index in [4.69, 9.17) is 0 Å². The highest BCUT2D eigenvalue weighted by molar-refractivity contribution is 5.60. The van der Waals surface area contributed by atoms with Crippen molar-refractivity contribution in [2.45, 2.75) is 39.8 Å². The Morgan fingerprint density at radius 1 is 1.29 bits per heavy atom. The predicted octanol–water partition coefficient (Wildman–Crippen LogP) is 3.25. The van der Waals surface area contributed by atoms with Crippen LogP contribution in [0.2, 0.25) is 0 Å². The molecule has 2 rings (SSSR count). The maximum atomic E-state index is 11.3. The summed E-state index contributed by atoms with van der Waals surface area (Å²) in [5, 5.41) is 18.8. The zero-order valence-corrected chi connectivity index (χ0v) is 12.6. The number of rotatable bonds is 5. The van der Waals surface area contributed by atoms with Gasteiger partial charge in [-0.25, -0.2) is 4.68 Å². The van der Waals surface area contributed by atoms with Gasteiger partial charge in [0.25, 0.3) is 0 Å². The van der Waals surface area contributed by atoms with Crippen LogP contribution in [0.1, 0.15) is 44.1 Å². The summed E-state index contributed by atoms with van der Waals surface area (Å²) in [6, 6.07) is 3.71. The molecule has 112 valence electrons. The number of nitro groups is 1. The Balaban J connectivity index is 2.40. The molecule has 2 heterocycles. The van der Waals surface area contributed by atoms with E-state index in [1.54, 1.807) is 24.0 Å². The van der Waals surface area contributed by atoms with Crippen LogP contribution in [-0.4, -0.2) is 19.7 Å². The number of aryl methyl sites for hydroxylation is 1. The predicted molar refractivity (Wildman–Crippen MR) is 80.3 cm³/mol. The topological polar surface area (TPSA) is 85.9 Å². The first-order chi connectivity index (χ1) is 9.91. The van der Waals surface area contributed by atoms with Gasteiger partial charge in [-0.1, -0.05) is 0 Å². The fourth-order valence-electron chi connectivity index (χ4n) is 2.21. The number of nitrogens with one attached hydrogen (secondary N) is 1. The SMILES string of the molecule is Cc1nn(C(C)C)c(NC(C)c2ccncc2)c1[N+](=O)[O-]. The van der Waals surface area contributed by atoms with Crippen molar-refractivity contribution in [3.63, 3.8) is 0 Å². The molecule has 0 aliphatic carbocycles. The first-order valence-electron chi connectivity index (χ1n) is 6.81. The quantitative estimate of drug-likeness (QED) is 0.674. The normalized spacial score (nSPS) is 12.4. The second kappa shape index (κ2) is 5.90. The van der Waals surface area contributed by atoms with Gasteiger partial charge in [0.2, 0.25) is 5.82 Å². The highest BCUT2D eigenvalue weighted by Gasteiger charge is 2.27. The van der Waals surface area contributed by atoms with Crippen molar-refractivity contribution in [2.24, 2.45) is 0 Å². The van der Waals surface area contributed by atoms with E-state index in [0.29, 0.717) is 11.5 Å². The standard InChI is InChI=1S/C14H19N5O2/c1-9(2)18-14(13(19(20)21)11(4)17-18)16-10(3)12-5-7-15-8-6-12/h5-10,16H,1-4H3. The van der Waals surface area contributed by atoms with E-state index in [0.717, 1.165) is 5.56 Å². The Bertz CT molecular complexity index is 636. The molecule has 0 radical (unpaired) electrons. The summed E-state index contributed by atoms with van der Waals surface area (Å²) >= 11 is 0. The molecule has 7 heteroatoms. The van der Waals surface area contributed by atoms with Gasteiger partial charge in [0.05, 0.1) is 11.0 Å². The maximum Gasteiger partial charge on any atom is 0.333 e. The third-order valence-electron chi connectivity index (χ3n) is 3.28. The third-order valence-corrected chi connectivity index (χ3v) is 3.28. The fourth-order valence-corrected chi connectivity index (χ4v) is 2.21. The lowest BCUT2D eigenvalue weighted by Crippen LogP contribution is -2.14. The minimum absolute atomic E-state index is 0.0320. The van der Waals surface area contributed by atoms with Gasteiger partial charge in [-0.15, -0.1) is 0 Å². The first kappa shape index (κ1) is 15.0. The molecule has 0 saturated heterocycles. The summed E-state index contributed by atoms with van der Waals surface area (Å²) in [6.45, 7) is 7.49. The molecule has 1 N–H and O–H groups in total. The van der Waals surface area contributed by atoms with Crippen molar-refractivity contribution in [3.05, 3.63) is 45.9 Å². The molecule has 2 aromatic heterocycles. The second-order valence-electron chi connectivity index (χ2n) is 5.22. The molecule has 0 aromatic carbocycles. The van der Waals surface area contributed by atoms with E-state index in [-0.39, 0.29) is 22.7 Å². The van der Waals surface area contributed by atoms with Crippen LogP contribution in [0.15, 0.2) is 24.5 Å². The van der Waals surface area contributed by atoms with Gasteiger partial charge >= 0.3 is 5.69 Å². The van der Waals surface area contributed by atoms with E-state index in [1.807, 2.05) is 32.9 Å². The van der Waals surface area contributed by atoms with E-state index in [2.05, 4.69) is 15.4 Å². The second-order valence-corrected chi connectivity index (χ2v) is 5.22. The number of hydrogen-bond donors (Lipinski definition) is 1. The van der Waals surface area contributed by atoms with Gasteiger partial charge in [-0.2, -0.15) is 5.10 Å². The summed E-state index contributed by atoms with van der Waals surface area (Å²) in [5.74, 6) is 0.441. The average molecular weight is 289 g/mol. The monoisotopic (exact) mass is 289 g/mol. The average Bonchev–Trinajstić information content (AvgIpc) is 2.76. The van der Waals surface area contributed by atoms with Gasteiger partial charge in [-0.05, 0) is 45.4 Å². The number of nitrogens with zero attached hydrogens (tertiary/aromatic N) is 4. The summed E-state index contributed by atoms with van der Waals surface area (Å²) in [5.41, 5.74) is 1.45. The minimum Gasteiger partial charge on any atom is -0.358 e. The largest absolute Gasteiger partial charge is 0.358 e. The van der Waals surface area contributed by atoms with Crippen LogP contribution in [-0.2, 0) is 0 Å². The Kier molecular flexibility index (Phi) is 4.21. The van der Waals surface area contributed by atoms with Crippen molar-refractivity contribution in [1.29, 1.82) is 0 Å². The van der Waals surface area contributed by atoms with Crippen LogP contribution < -0.4 is 5.32 Å². The lowest BCUT2D eigenvalue weighted by molar-refractivity contribution is -0.384. The molecule has 7 nitrogen and oxygen atoms in total. The minimum atomic E-state index is -0.386. The molecular formula is C14H19N5O2. The molecular weight excluding hydrogens is 270 g/mol. The van der Waals surface area contributed by atoms with E-state index in [1.165, 1.54) is 0 Å². The Hall–Kier alpha value is -2.44. The zero-order valence-electron chi connectivity index (χ0n) is 12.6. The highest BCUT2D eigenvalue weighted by Crippen LogP contribution is 2.33. The highest BCUT2D eigenvalue weighted by atomic mass is 16.6. The fraction of sp³-hybridized carbons (Fsp3) is 0.429. The van der Waals surface area contributed by atoms with Crippen LogP contribution in [0.4, 0.5) is 11.5 Å². The van der Waals surface area contributed by atoms with Crippen LogP contribution in [0, 0.1) is 17.0 Å². The van der Waals surface area contributed by atoms with Crippen molar-refractivity contribution in [1.82, 2.24) is 14.8 Å². The van der Waals surface area contributed by atoms with Crippen LogP contribution in [0.3, 0.4) is 0 Å². The van der Waals surface area contributed by atoms with E-state index >= 15 is 0 Å².